The molecular formula is C14H16ClNO3. The summed E-state index contributed by atoms with van der Waals surface area (Å²) in [7, 11) is 0. The van der Waals surface area contributed by atoms with E-state index in [1.807, 2.05) is 11.8 Å². The third kappa shape index (κ3) is 3.47. The Bertz CT molecular complexity index is 486. The number of likely N-dealkylation sites (N-methyl/N-ethyl adjacent to an activating group) is 1. The van der Waals surface area contributed by atoms with Crippen molar-refractivity contribution in [3.63, 3.8) is 0 Å². The Morgan fingerprint density at radius 1 is 1.53 bits per heavy atom. The van der Waals surface area contributed by atoms with E-state index in [1.54, 1.807) is 12.1 Å². The first-order chi connectivity index (χ1) is 9.15. The van der Waals surface area contributed by atoms with Gasteiger partial charge in [-0.3, -0.25) is 9.59 Å². The van der Waals surface area contributed by atoms with E-state index in [9.17, 15) is 9.59 Å². The molecule has 0 saturated heterocycles. The van der Waals surface area contributed by atoms with E-state index < -0.39 is 0 Å². The fraction of sp³-hybridized carbons (Fsp3) is 0.429. The standard InChI is InChI=1S/C14H16ClNO3/c1-2-16(12-4-5-12)14(18)9-19-13-6-3-11(15)7-10(13)8-17/h3,6-8,12H,2,4-5,9H2,1H3. The van der Waals surface area contributed by atoms with E-state index in [4.69, 9.17) is 16.3 Å². The molecule has 0 atom stereocenters. The predicted molar refractivity (Wildman–Crippen MR) is 72.7 cm³/mol. The fourth-order valence-corrected chi connectivity index (χ4v) is 2.17. The maximum absolute atomic E-state index is 12.0. The van der Waals surface area contributed by atoms with Crippen molar-refractivity contribution in [1.29, 1.82) is 0 Å². The van der Waals surface area contributed by atoms with Crippen LogP contribution in [0, 0.1) is 0 Å². The molecule has 0 spiro atoms. The lowest BCUT2D eigenvalue weighted by atomic mass is 10.2. The highest BCUT2D eigenvalue weighted by molar-refractivity contribution is 6.30. The average Bonchev–Trinajstić information content (AvgIpc) is 3.22. The second-order valence-electron chi connectivity index (χ2n) is 4.50. The van der Waals surface area contributed by atoms with Crippen molar-refractivity contribution in [2.75, 3.05) is 13.2 Å². The number of rotatable bonds is 6. The quantitative estimate of drug-likeness (QED) is 0.753. The second-order valence-corrected chi connectivity index (χ2v) is 4.94. The van der Waals surface area contributed by atoms with Crippen molar-refractivity contribution in [2.45, 2.75) is 25.8 Å². The molecule has 1 aliphatic carbocycles. The van der Waals surface area contributed by atoms with Crippen LogP contribution in [0.25, 0.3) is 0 Å². The van der Waals surface area contributed by atoms with Crippen LogP contribution in [-0.4, -0.2) is 36.3 Å². The minimum Gasteiger partial charge on any atom is -0.483 e. The van der Waals surface area contributed by atoms with Gasteiger partial charge in [-0.05, 0) is 38.0 Å². The number of carbonyl (C=O) groups excluding carboxylic acids is 2. The summed E-state index contributed by atoms with van der Waals surface area (Å²) in [5, 5.41) is 0.467. The molecule has 1 aromatic rings. The van der Waals surface area contributed by atoms with Gasteiger partial charge in [0, 0.05) is 17.6 Å². The normalized spacial score (nSPS) is 14.0. The highest BCUT2D eigenvalue weighted by atomic mass is 35.5. The van der Waals surface area contributed by atoms with Gasteiger partial charge < -0.3 is 9.64 Å². The Kier molecular flexibility index (Phi) is 4.43. The first kappa shape index (κ1) is 13.9. The van der Waals surface area contributed by atoms with E-state index >= 15 is 0 Å². The van der Waals surface area contributed by atoms with Crippen molar-refractivity contribution < 1.29 is 14.3 Å². The third-order valence-electron chi connectivity index (χ3n) is 3.10. The maximum atomic E-state index is 12.0. The molecule has 1 aliphatic rings. The van der Waals surface area contributed by atoms with Crippen LogP contribution in [-0.2, 0) is 4.79 Å². The Morgan fingerprint density at radius 3 is 2.84 bits per heavy atom. The highest BCUT2D eigenvalue weighted by Gasteiger charge is 2.31. The largest absolute Gasteiger partial charge is 0.483 e. The zero-order valence-corrected chi connectivity index (χ0v) is 11.5. The SMILES string of the molecule is CCN(C(=O)COc1ccc(Cl)cc1C=O)C1CC1. The summed E-state index contributed by atoms with van der Waals surface area (Å²) in [6.45, 7) is 2.59. The summed E-state index contributed by atoms with van der Waals surface area (Å²) in [6.07, 6.45) is 2.81. The molecule has 1 amide bonds. The molecule has 102 valence electrons. The maximum Gasteiger partial charge on any atom is 0.260 e. The fourth-order valence-electron chi connectivity index (χ4n) is 1.99. The van der Waals surface area contributed by atoms with Crippen LogP contribution in [0.2, 0.25) is 5.02 Å². The van der Waals surface area contributed by atoms with Gasteiger partial charge in [-0.25, -0.2) is 0 Å². The molecule has 19 heavy (non-hydrogen) atoms. The Balaban J connectivity index is 1.98. The van der Waals surface area contributed by atoms with Gasteiger partial charge in [-0.1, -0.05) is 11.6 Å². The van der Waals surface area contributed by atoms with Crippen LogP contribution in [0.15, 0.2) is 18.2 Å². The summed E-state index contributed by atoms with van der Waals surface area (Å²) in [6, 6.07) is 5.13. The Hall–Kier alpha value is -1.55. The van der Waals surface area contributed by atoms with Crippen LogP contribution >= 0.6 is 11.6 Å². The van der Waals surface area contributed by atoms with Crippen LogP contribution < -0.4 is 4.74 Å². The first-order valence-corrected chi connectivity index (χ1v) is 6.70. The van der Waals surface area contributed by atoms with Crippen molar-refractivity contribution in [3.8, 4) is 5.75 Å². The zero-order valence-electron chi connectivity index (χ0n) is 10.8. The molecule has 0 unspecified atom stereocenters. The number of benzene rings is 1. The number of ether oxygens (including phenoxy) is 1. The zero-order chi connectivity index (χ0) is 13.8. The van der Waals surface area contributed by atoms with Crippen molar-refractivity contribution in [3.05, 3.63) is 28.8 Å². The van der Waals surface area contributed by atoms with Gasteiger partial charge in [0.25, 0.3) is 5.91 Å². The number of hydrogen-bond donors (Lipinski definition) is 0. The summed E-state index contributed by atoms with van der Waals surface area (Å²) in [5.41, 5.74) is 0.356. The molecule has 1 aromatic carbocycles. The molecule has 4 nitrogen and oxygen atoms in total. The molecule has 2 rings (SSSR count). The summed E-state index contributed by atoms with van der Waals surface area (Å²) in [4.78, 5) is 24.7. The van der Waals surface area contributed by atoms with E-state index in [0.29, 0.717) is 35.2 Å². The molecule has 0 aromatic heterocycles. The smallest absolute Gasteiger partial charge is 0.260 e. The molecule has 0 heterocycles. The number of nitrogens with zero attached hydrogens (tertiary/aromatic N) is 1. The molecule has 5 heteroatoms. The highest BCUT2D eigenvalue weighted by Crippen LogP contribution is 2.27. The molecule has 0 bridgehead atoms. The Morgan fingerprint density at radius 2 is 2.26 bits per heavy atom. The van der Waals surface area contributed by atoms with Gasteiger partial charge in [-0.15, -0.1) is 0 Å². The second kappa shape index (κ2) is 6.06. The van der Waals surface area contributed by atoms with Crippen molar-refractivity contribution >= 4 is 23.8 Å². The molecule has 1 saturated carbocycles. The minimum absolute atomic E-state index is 0.0446. The average molecular weight is 282 g/mol. The van der Waals surface area contributed by atoms with E-state index in [0.717, 1.165) is 12.8 Å². The summed E-state index contributed by atoms with van der Waals surface area (Å²) in [5.74, 6) is 0.344. The Labute approximate surface area is 117 Å². The number of carbonyl (C=O) groups is 2. The van der Waals surface area contributed by atoms with Gasteiger partial charge in [0.05, 0.1) is 5.56 Å². The lowest BCUT2D eigenvalue weighted by molar-refractivity contribution is -0.133. The van der Waals surface area contributed by atoms with Crippen molar-refractivity contribution in [1.82, 2.24) is 4.90 Å². The number of amides is 1. The van der Waals surface area contributed by atoms with E-state index in [-0.39, 0.29) is 12.5 Å². The number of aldehydes is 1. The van der Waals surface area contributed by atoms with Crippen LogP contribution in [0.3, 0.4) is 0 Å². The van der Waals surface area contributed by atoms with Gasteiger partial charge in [0.2, 0.25) is 0 Å². The van der Waals surface area contributed by atoms with Gasteiger partial charge in [0.15, 0.2) is 12.9 Å². The third-order valence-corrected chi connectivity index (χ3v) is 3.33. The topological polar surface area (TPSA) is 46.6 Å². The van der Waals surface area contributed by atoms with E-state index in [2.05, 4.69) is 0 Å². The van der Waals surface area contributed by atoms with Crippen LogP contribution in [0.1, 0.15) is 30.1 Å². The van der Waals surface area contributed by atoms with Gasteiger partial charge in [-0.2, -0.15) is 0 Å². The lowest BCUT2D eigenvalue weighted by Crippen LogP contribution is -2.36. The number of halogens is 1. The summed E-state index contributed by atoms with van der Waals surface area (Å²) < 4.78 is 5.42. The monoisotopic (exact) mass is 281 g/mol. The number of hydrogen-bond acceptors (Lipinski definition) is 3. The molecule has 0 N–H and O–H groups in total. The molecule has 1 fully saturated rings. The van der Waals surface area contributed by atoms with Crippen LogP contribution in [0.4, 0.5) is 0 Å². The minimum atomic E-state index is -0.0488. The molecular weight excluding hydrogens is 266 g/mol. The predicted octanol–water partition coefficient (Wildman–Crippen LogP) is 2.54. The first-order valence-electron chi connectivity index (χ1n) is 6.32. The van der Waals surface area contributed by atoms with Crippen molar-refractivity contribution in [2.24, 2.45) is 0 Å². The lowest BCUT2D eigenvalue weighted by Gasteiger charge is -2.20. The summed E-state index contributed by atoms with van der Waals surface area (Å²) >= 11 is 5.79. The van der Waals surface area contributed by atoms with Gasteiger partial charge in [0.1, 0.15) is 5.75 Å². The van der Waals surface area contributed by atoms with Gasteiger partial charge >= 0.3 is 0 Å². The van der Waals surface area contributed by atoms with Crippen LogP contribution in [0.5, 0.6) is 5.75 Å². The molecule has 0 radical (unpaired) electrons. The molecule has 0 aliphatic heterocycles. The van der Waals surface area contributed by atoms with E-state index in [1.165, 1.54) is 6.07 Å².